The Hall–Kier alpha value is -2.31. The highest BCUT2D eigenvalue weighted by Crippen LogP contribution is 2.38. The second-order valence-corrected chi connectivity index (χ2v) is 4.65. The van der Waals surface area contributed by atoms with E-state index in [1.807, 2.05) is 0 Å². The minimum Gasteiger partial charge on any atom is -0.494 e. The molecule has 1 N–H and O–H groups in total. The number of carbonyl (C=O) groups excluding carboxylic acids is 1. The average molecular weight is 280 g/mol. The number of nitrogens with one attached hydrogen (secondary N) is 1. The minimum atomic E-state index is -0.639. The van der Waals surface area contributed by atoms with Crippen LogP contribution in [0.4, 0.5) is 11.4 Å². The monoisotopic (exact) mass is 280 g/mol. The van der Waals surface area contributed by atoms with Gasteiger partial charge in [-0.15, -0.1) is 0 Å². The third-order valence-electron chi connectivity index (χ3n) is 3.18. The summed E-state index contributed by atoms with van der Waals surface area (Å²) in [7, 11) is 2.63. The molecule has 20 heavy (non-hydrogen) atoms. The molecular weight excluding hydrogens is 264 g/mol. The lowest BCUT2D eigenvalue weighted by Gasteiger charge is -2.12. The van der Waals surface area contributed by atoms with Crippen LogP contribution in [0.3, 0.4) is 0 Å². The molecule has 0 heterocycles. The lowest BCUT2D eigenvalue weighted by molar-refractivity contribution is -0.384. The summed E-state index contributed by atoms with van der Waals surface area (Å²) in [5.41, 5.74) is 0.204. The highest BCUT2D eigenvalue weighted by molar-refractivity contribution is 5.92. The molecule has 2 rings (SSSR count). The fourth-order valence-electron chi connectivity index (χ4n) is 1.89. The molecule has 0 aromatic heterocycles. The number of rotatable bonds is 6. The molecule has 7 heteroatoms. The van der Waals surface area contributed by atoms with E-state index in [2.05, 4.69) is 10.1 Å². The number of methoxy groups -OCH3 is 2. The van der Waals surface area contributed by atoms with Crippen LogP contribution in [0.2, 0.25) is 0 Å². The van der Waals surface area contributed by atoms with Crippen LogP contribution in [0.1, 0.15) is 23.2 Å². The molecule has 108 valence electrons. The third kappa shape index (κ3) is 2.98. The minimum absolute atomic E-state index is 0.0908. The Morgan fingerprint density at radius 1 is 1.45 bits per heavy atom. The molecule has 1 aliphatic rings. The van der Waals surface area contributed by atoms with Crippen molar-refractivity contribution in [3.8, 4) is 5.75 Å². The summed E-state index contributed by atoms with van der Waals surface area (Å²) in [4.78, 5) is 22.2. The SMILES string of the molecule is COC(=O)c1cc(OC)c(NCC2CC2)c([N+](=O)[O-])c1. The summed E-state index contributed by atoms with van der Waals surface area (Å²) in [6.45, 7) is 0.661. The van der Waals surface area contributed by atoms with Crippen molar-refractivity contribution in [2.45, 2.75) is 12.8 Å². The van der Waals surface area contributed by atoms with Crippen molar-refractivity contribution in [2.24, 2.45) is 5.92 Å². The van der Waals surface area contributed by atoms with Crippen molar-refractivity contribution in [3.05, 3.63) is 27.8 Å². The average Bonchev–Trinajstić information content (AvgIpc) is 3.27. The van der Waals surface area contributed by atoms with Crippen molar-refractivity contribution in [1.82, 2.24) is 0 Å². The molecule has 1 fully saturated rings. The predicted octanol–water partition coefficient (Wildman–Crippen LogP) is 2.21. The van der Waals surface area contributed by atoms with E-state index in [0.717, 1.165) is 12.8 Å². The molecule has 1 aromatic rings. The van der Waals surface area contributed by atoms with Gasteiger partial charge in [0.15, 0.2) is 5.69 Å². The summed E-state index contributed by atoms with van der Waals surface area (Å²) in [5.74, 6) is 0.181. The van der Waals surface area contributed by atoms with Crippen LogP contribution in [-0.4, -0.2) is 31.7 Å². The van der Waals surface area contributed by atoms with E-state index in [-0.39, 0.29) is 17.0 Å². The van der Waals surface area contributed by atoms with Gasteiger partial charge in [-0.2, -0.15) is 0 Å². The maximum atomic E-state index is 11.5. The number of benzene rings is 1. The highest BCUT2D eigenvalue weighted by Gasteiger charge is 2.26. The first kappa shape index (κ1) is 14.1. The highest BCUT2D eigenvalue weighted by atomic mass is 16.6. The van der Waals surface area contributed by atoms with Crippen molar-refractivity contribution >= 4 is 17.3 Å². The summed E-state index contributed by atoms with van der Waals surface area (Å²) >= 11 is 0. The van der Waals surface area contributed by atoms with Gasteiger partial charge in [-0.05, 0) is 24.8 Å². The van der Waals surface area contributed by atoms with E-state index in [9.17, 15) is 14.9 Å². The molecule has 0 spiro atoms. The second-order valence-electron chi connectivity index (χ2n) is 4.65. The molecule has 7 nitrogen and oxygen atoms in total. The number of nitro benzene ring substituents is 1. The van der Waals surface area contributed by atoms with Gasteiger partial charge in [0.2, 0.25) is 0 Å². The number of nitrogens with zero attached hydrogens (tertiary/aromatic N) is 1. The van der Waals surface area contributed by atoms with Crippen molar-refractivity contribution in [1.29, 1.82) is 0 Å². The Morgan fingerprint density at radius 3 is 2.65 bits per heavy atom. The van der Waals surface area contributed by atoms with Crippen molar-refractivity contribution in [3.63, 3.8) is 0 Å². The lowest BCUT2D eigenvalue weighted by Crippen LogP contribution is -2.10. The summed E-state index contributed by atoms with van der Waals surface area (Å²) < 4.78 is 9.73. The fraction of sp³-hybridized carbons (Fsp3) is 0.462. The molecule has 1 saturated carbocycles. The molecule has 0 amide bonds. The van der Waals surface area contributed by atoms with Gasteiger partial charge < -0.3 is 14.8 Å². The van der Waals surface area contributed by atoms with Gasteiger partial charge in [0, 0.05) is 12.6 Å². The Labute approximate surface area is 116 Å². The normalized spacial score (nSPS) is 13.7. The number of ether oxygens (including phenoxy) is 2. The summed E-state index contributed by atoms with van der Waals surface area (Å²) in [6.07, 6.45) is 2.26. The molecule has 0 radical (unpaired) electrons. The zero-order valence-corrected chi connectivity index (χ0v) is 11.3. The zero-order valence-electron chi connectivity index (χ0n) is 11.3. The van der Waals surface area contributed by atoms with Gasteiger partial charge in [0.1, 0.15) is 5.75 Å². The maximum Gasteiger partial charge on any atom is 0.338 e. The van der Waals surface area contributed by atoms with E-state index in [1.54, 1.807) is 0 Å². The maximum absolute atomic E-state index is 11.5. The number of carbonyl (C=O) groups is 1. The lowest BCUT2D eigenvalue weighted by atomic mass is 10.1. The van der Waals surface area contributed by atoms with Crippen LogP contribution in [0.5, 0.6) is 5.75 Å². The van der Waals surface area contributed by atoms with Gasteiger partial charge in [0.05, 0.1) is 24.7 Å². The van der Waals surface area contributed by atoms with Crippen LogP contribution < -0.4 is 10.1 Å². The molecule has 0 unspecified atom stereocenters. The topological polar surface area (TPSA) is 90.7 Å². The third-order valence-corrected chi connectivity index (χ3v) is 3.18. The van der Waals surface area contributed by atoms with E-state index >= 15 is 0 Å². The van der Waals surface area contributed by atoms with Crippen LogP contribution in [0.15, 0.2) is 12.1 Å². The Morgan fingerprint density at radius 2 is 2.15 bits per heavy atom. The first-order valence-electron chi connectivity index (χ1n) is 6.25. The molecular formula is C13H16N2O5. The molecule has 0 bridgehead atoms. The summed E-state index contributed by atoms with van der Waals surface area (Å²) in [5, 5.41) is 14.2. The smallest absolute Gasteiger partial charge is 0.338 e. The van der Waals surface area contributed by atoms with Gasteiger partial charge in [-0.1, -0.05) is 0 Å². The van der Waals surface area contributed by atoms with Crippen LogP contribution in [0, 0.1) is 16.0 Å². The molecule has 0 atom stereocenters. The van der Waals surface area contributed by atoms with Crippen molar-refractivity contribution in [2.75, 3.05) is 26.1 Å². The number of nitro groups is 1. The Kier molecular flexibility index (Phi) is 4.07. The number of esters is 1. The predicted molar refractivity (Wildman–Crippen MR) is 72.2 cm³/mol. The standard InChI is InChI=1S/C13H16N2O5/c1-19-11-6-9(13(16)20-2)5-10(15(17)18)12(11)14-7-8-3-4-8/h5-6,8,14H,3-4,7H2,1-2H3. The van der Waals surface area contributed by atoms with Crippen LogP contribution >= 0.6 is 0 Å². The van der Waals surface area contributed by atoms with Crippen LogP contribution in [0.25, 0.3) is 0 Å². The first-order valence-corrected chi connectivity index (χ1v) is 6.25. The van der Waals surface area contributed by atoms with Crippen molar-refractivity contribution < 1.29 is 19.2 Å². The number of hydrogen-bond donors (Lipinski definition) is 1. The van der Waals surface area contributed by atoms with Gasteiger partial charge in [-0.25, -0.2) is 4.79 Å². The Bertz CT molecular complexity index is 540. The first-order chi connectivity index (χ1) is 9.56. The van der Waals surface area contributed by atoms with Gasteiger partial charge in [-0.3, -0.25) is 10.1 Å². The largest absolute Gasteiger partial charge is 0.494 e. The molecule has 0 aliphatic heterocycles. The molecule has 1 aliphatic carbocycles. The molecule has 1 aromatic carbocycles. The summed E-state index contributed by atoms with van der Waals surface area (Å²) in [6, 6.07) is 2.64. The number of anilines is 1. The van der Waals surface area contributed by atoms with E-state index in [4.69, 9.17) is 4.74 Å². The zero-order chi connectivity index (χ0) is 14.7. The fourth-order valence-corrected chi connectivity index (χ4v) is 1.89. The molecule has 0 saturated heterocycles. The van der Waals surface area contributed by atoms with E-state index in [0.29, 0.717) is 18.2 Å². The van der Waals surface area contributed by atoms with Gasteiger partial charge >= 0.3 is 5.97 Å². The second kappa shape index (κ2) is 5.77. The Balaban J connectivity index is 2.40. The van der Waals surface area contributed by atoms with Crippen LogP contribution in [-0.2, 0) is 4.74 Å². The number of hydrogen-bond acceptors (Lipinski definition) is 6. The van der Waals surface area contributed by atoms with E-state index < -0.39 is 10.9 Å². The quantitative estimate of drug-likeness (QED) is 0.488. The van der Waals surface area contributed by atoms with Gasteiger partial charge in [0.25, 0.3) is 5.69 Å². The van der Waals surface area contributed by atoms with E-state index in [1.165, 1.54) is 26.4 Å².